The highest BCUT2D eigenvalue weighted by Crippen LogP contribution is 2.38. The van der Waals surface area contributed by atoms with E-state index in [0.717, 1.165) is 27.6 Å². The summed E-state index contributed by atoms with van der Waals surface area (Å²) in [5.74, 6) is -0.941. The molecular formula is C24H26N4O3. The predicted octanol–water partition coefficient (Wildman–Crippen LogP) is 4.55. The second-order valence-electron chi connectivity index (χ2n) is 7.97. The van der Waals surface area contributed by atoms with Crippen LogP contribution in [0.15, 0.2) is 49.4 Å². The Morgan fingerprint density at radius 2 is 2.06 bits per heavy atom. The van der Waals surface area contributed by atoms with Crippen molar-refractivity contribution in [2.45, 2.75) is 39.3 Å². The molecule has 2 amide bonds. The largest absolute Gasteiger partial charge is 0.481 e. The number of aromatic nitrogens is 2. The molecule has 7 nitrogen and oxygen atoms in total. The molecule has 0 spiro atoms. The molecule has 2 aromatic heterocycles. The smallest absolute Gasteiger partial charge is 0.329 e. The third kappa shape index (κ3) is 3.46. The van der Waals surface area contributed by atoms with E-state index in [-0.39, 0.29) is 12.5 Å². The zero-order valence-electron chi connectivity index (χ0n) is 18.0. The standard InChI is InChI=1S/C24H26N4O3/c1-5-18(11-22(29)30)28-16(3)19-9-10-25-12-21(19)27(24(28)31)14-17-13-26(4)20-8-6-7-15(2)23(17)20/h6-10,12-13,18H,3,5,11,14H2,1-2,4H3,(H,29,30). The Balaban J connectivity index is 1.82. The van der Waals surface area contributed by atoms with Gasteiger partial charge in [0.1, 0.15) is 0 Å². The number of hydrogen-bond acceptors (Lipinski definition) is 3. The number of carboxylic acid groups (broad SMARTS) is 1. The second kappa shape index (κ2) is 7.91. The molecule has 1 aromatic carbocycles. The van der Waals surface area contributed by atoms with E-state index in [1.165, 1.54) is 4.90 Å². The van der Waals surface area contributed by atoms with E-state index in [9.17, 15) is 14.7 Å². The number of benzene rings is 1. The Labute approximate surface area is 181 Å². The highest BCUT2D eigenvalue weighted by molar-refractivity contribution is 6.05. The first-order chi connectivity index (χ1) is 14.8. The van der Waals surface area contributed by atoms with Crippen LogP contribution < -0.4 is 4.90 Å². The highest BCUT2D eigenvalue weighted by Gasteiger charge is 2.38. The van der Waals surface area contributed by atoms with E-state index in [2.05, 4.69) is 35.2 Å². The fourth-order valence-electron chi connectivity index (χ4n) is 4.49. The van der Waals surface area contributed by atoms with Crippen molar-refractivity contribution in [3.63, 3.8) is 0 Å². The Morgan fingerprint density at radius 3 is 2.77 bits per heavy atom. The molecule has 0 bridgehead atoms. The summed E-state index contributed by atoms with van der Waals surface area (Å²) in [5.41, 5.74) is 5.25. The molecule has 3 heterocycles. The molecule has 1 atom stereocenters. The zero-order valence-corrected chi connectivity index (χ0v) is 18.0. The molecule has 0 aliphatic carbocycles. The Bertz CT molecular complexity index is 1200. The lowest BCUT2D eigenvalue weighted by Gasteiger charge is -2.41. The number of urea groups is 1. The first kappa shape index (κ1) is 20.7. The number of aliphatic carboxylic acids is 1. The molecule has 0 saturated heterocycles. The summed E-state index contributed by atoms with van der Waals surface area (Å²) < 4.78 is 2.06. The lowest BCUT2D eigenvalue weighted by Crippen LogP contribution is -2.50. The Kier molecular flexibility index (Phi) is 5.27. The van der Waals surface area contributed by atoms with Crippen molar-refractivity contribution in [1.82, 2.24) is 14.5 Å². The SMILES string of the molecule is C=C1c2ccncc2N(Cc2cn(C)c3cccc(C)c23)C(=O)N1C(CC)CC(=O)O. The van der Waals surface area contributed by atoms with Crippen LogP contribution in [0.2, 0.25) is 0 Å². The van der Waals surface area contributed by atoms with Crippen LogP contribution in [0, 0.1) is 6.92 Å². The van der Waals surface area contributed by atoms with E-state index < -0.39 is 12.0 Å². The first-order valence-electron chi connectivity index (χ1n) is 10.3. The van der Waals surface area contributed by atoms with E-state index in [1.807, 2.05) is 32.3 Å². The molecule has 0 fully saturated rings. The molecule has 3 aromatic rings. The molecule has 0 saturated carbocycles. The highest BCUT2D eigenvalue weighted by atomic mass is 16.4. The van der Waals surface area contributed by atoms with Crippen LogP contribution in [0.25, 0.3) is 16.6 Å². The average molecular weight is 418 g/mol. The third-order valence-electron chi connectivity index (χ3n) is 6.01. The molecule has 1 aliphatic heterocycles. The number of carboxylic acids is 1. The van der Waals surface area contributed by atoms with Gasteiger partial charge in [0, 0.05) is 47.6 Å². The topological polar surface area (TPSA) is 78.7 Å². The van der Waals surface area contributed by atoms with Gasteiger partial charge in [0.25, 0.3) is 0 Å². The predicted molar refractivity (Wildman–Crippen MR) is 121 cm³/mol. The fourth-order valence-corrected chi connectivity index (χ4v) is 4.49. The summed E-state index contributed by atoms with van der Waals surface area (Å²) in [5, 5.41) is 10.5. The van der Waals surface area contributed by atoms with Crippen molar-refractivity contribution in [2.75, 3.05) is 4.90 Å². The lowest BCUT2D eigenvalue weighted by atomic mass is 10.0. The van der Waals surface area contributed by atoms with Gasteiger partial charge in [-0.1, -0.05) is 25.6 Å². The van der Waals surface area contributed by atoms with Crippen LogP contribution in [-0.2, 0) is 18.4 Å². The molecule has 7 heteroatoms. The number of carbonyl (C=O) groups is 2. The van der Waals surface area contributed by atoms with Crippen molar-refractivity contribution in [3.8, 4) is 0 Å². The molecular weight excluding hydrogens is 392 g/mol. The number of anilines is 1. The van der Waals surface area contributed by atoms with Crippen molar-refractivity contribution in [1.29, 1.82) is 0 Å². The fraction of sp³-hybridized carbons (Fsp3) is 0.292. The van der Waals surface area contributed by atoms with Crippen LogP contribution >= 0.6 is 0 Å². The van der Waals surface area contributed by atoms with Crippen molar-refractivity contribution in [3.05, 3.63) is 66.1 Å². The quantitative estimate of drug-likeness (QED) is 0.637. The van der Waals surface area contributed by atoms with E-state index >= 15 is 0 Å². The lowest BCUT2D eigenvalue weighted by molar-refractivity contribution is -0.137. The minimum atomic E-state index is -0.941. The van der Waals surface area contributed by atoms with Crippen molar-refractivity contribution in [2.24, 2.45) is 7.05 Å². The van der Waals surface area contributed by atoms with Gasteiger partial charge in [0.05, 0.1) is 24.8 Å². The second-order valence-corrected chi connectivity index (χ2v) is 7.97. The molecule has 160 valence electrons. The summed E-state index contributed by atoms with van der Waals surface area (Å²) in [4.78, 5) is 32.6. The van der Waals surface area contributed by atoms with Gasteiger partial charge in [0.2, 0.25) is 0 Å². The average Bonchev–Trinajstić information content (AvgIpc) is 3.06. The summed E-state index contributed by atoms with van der Waals surface area (Å²) in [7, 11) is 1.99. The van der Waals surface area contributed by atoms with E-state index in [4.69, 9.17) is 0 Å². The Morgan fingerprint density at radius 1 is 1.29 bits per heavy atom. The van der Waals surface area contributed by atoms with Crippen LogP contribution in [0.4, 0.5) is 10.5 Å². The summed E-state index contributed by atoms with van der Waals surface area (Å²) in [6.45, 7) is 8.43. The maximum absolute atomic E-state index is 13.7. The number of hydrogen-bond donors (Lipinski definition) is 1. The van der Waals surface area contributed by atoms with Gasteiger partial charge in [-0.05, 0) is 36.6 Å². The summed E-state index contributed by atoms with van der Waals surface area (Å²) >= 11 is 0. The maximum atomic E-state index is 13.7. The van der Waals surface area contributed by atoms with Gasteiger partial charge >= 0.3 is 12.0 Å². The van der Waals surface area contributed by atoms with Crippen molar-refractivity contribution < 1.29 is 14.7 Å². The monoisotopic (exact) mass is 418 g/mol. The molecule has 31 heavy (non-hydrogen) atoms. The number of carbonyl (C=O) groups excluding carboxylic acids is 1. The minimum Gasteiger partial charge on any atom is -0.481 e. The summed E-state index contributed by atoms with van der Waals surface area (Å²) in [6, 6.07) is 7.23. The normalized spacial score (nSPS) is 14.8. The number of rotatable bonds is 6. The van der Waals surface area contributed by atoms with Crippen LogP contribution in [-0.4, -0.2) is 37.6 Å². The minimum absolute atomic E-state index is 0.136. The van der Waals surface area contributed by atoms with Gasteiger partial charge < -0.3 is 9.67 Å². The van der Waals surface area contributed by atoms with E-state index in [1.54, 1.807) is 17.3 Å². The van der Waals surface area contributed by atoms with Crippen LogP contribution in [0.1, 0.15) is 36.5 Å². The maximum Gasteiger partial charge on any atom is 0.329 e. The van der Waals surface area contributed by atoms with Gasteiger partial charge in [-0.2, -0.15) is 0 Å². The summed E-state index contributed by atoms with van der Waals surface area (Å²) in [6.07, 6.45) is 5.76. The van der Waals surface area contributed by atoms with Gasteiger partial charge in [-0.25, -0.2) is 4.79 Å². The molecule has 0 radical (unpaired) electrons. The van der Waals surface area contributed by atoms with Crippen molar-refractivity contribution >= 4 is 34.3 Å². The Hall–Kier alpha value is -3.61. The van der Waals surface area contributed by atoms with Crippen LogP contribution in [0.3, 0.4) is 0 Å². The van der Waals surface area contributed by atoms with Crippen LogP contribution in [0.5, 0.6) is 0 Å². The number of aryl methyl sites for hydroxylation is 2. The number of pyridine rings is 1. The number of amides is 2. The molecule has 1 N–H and O–H groups in total. The van der Waals surface area contributed by atoms with Gasteiger partial charge in [0.15, 0.2) is 0 Å². The number of fused-ring (bicyclic) bond motifs is 2. The number of nitrogens with zero attached hydrogens (tertiary/aromatic N) is 4. The zero-order chi connectivity index (χ0) is 22.3. The third-order valence-corrected chi connectivity index (χ3v) is 6.01. The molecule has 1 unspecified atom stereocenters. The van der Waals surface area contributed by atoms with E-state index in [0.29, 0.717) is 24.4 Å². The molecule has 4 rings (SSSR count). The van der Waals surface area contributed by atoms with Gasteiger partial charge in [-0.15, -0.1) is 0 Å². The van der Waals surface area contributed by atoms with Gasteiger partial charge in [-0.3, -0.25) is 19.6 Å². The first-order valence-corrected chi connectivity index (χ1v) is 10.3. The molecule has 1 aliphatic rings.